The molecule has 0 aliphatic carbocycles. The number of nitrogens with one attached hydrogen (secondary N) is 2. The van der Waals surface area contributed by atoms with Crippen LogP contribution >= 0.6 is 0 Å². The van der Waals surface area contributed by atoms with Crippen molar-refractivity contribution in [1.82, 2.24) is 10.6 Å². The van der Waals surface area contributed by atoms with Crippen molar-refractivity contribution in [1.29, 1.82) is 0 Å². The van der Waals surface area contributed by atoms with E-state index in [1.165, 1.54) is 12.3 Å². The number of guanidine groups is 1. The van der Waals surface area contributed by atoms with E-state index < -0.39 is 9.84 Å². The van der Waals surface area contributed by atoms with Crippen LogP contribution in [0.5, 0.6) is 0 Å². The molecule has 7 heteroatoms. The van der Waals surface area contributed by atoms with Gasteiger partial charge in [0.05, 0.1) is 11.4 Å². The predicted octanol–water partition coefficient (Wildman–Crippen LogP) is 3.10. The van der Waals surface area contributed by atoms with Crippen molar-refractivity contribution in [3.05, 3.63) is 64.5 Å². The number of nitrogens with zero attached hydrogens (tertiary/aromatic N) is 1. The largest absolute Gasteiger partial charge is 0.357 e. The normalized spacial score (nSPS) is 12.1. The maximum absolute atomic E-state index is 13.7. The minimum atomic E-state index is -3.23. The highest BCUT2D eigenvalue weighted by Crippen LogP contribution is 2.17. The number of hydrogen-bond acceptors (Lipinski definition) is 3. The molecular formula is C20H26FN3O2S. The molecular weight excluding hydrogens is 365 g/mol. The van der Waals surface area contributed by atoms with Crippen LogP contribution in [0.1, 0.15) is 29.2 Å². The highest BCUT2D eigenvalue weighted by Gasteiger charge is 2.10. The maximum atomic E-state index is 13.7. The Morgan fingerprint density at radius 2 is 1.74 bits per heavy atom. The van der Waals surface area contributed by atoms with E-state index in [9.17, 15) is 12.8 Å². The van der Waals surface area contributed by atoms with E-state index >= 15 is 0 Å². The fraction of sp³-hybridized carbons (Fsp3) is 0.350. The number of aliphatic imine (C=N–C) groups is 1. The Bertz CT molecular complexity index is 940. The van der Waals surface area contributed by atoms with Crippen LogP contribution in [0.3, 0.4) is 0 Å². The van der Waals surface area contributed by atoms with Crippen molar-refractivity contribution in [3.63, 3.8) is 0 Å². The number of benzene rings is 2. The first-order valence-corrected chi connectivity index (χ1v) is 10.7. The molecule has 0 radical (unpaired) electrons. The van der Waals surface area contributed by atoms with E-state index in [4.69, 9.17) is 0 Å². The Morgan fingerprint density at radius 3 is 2.33 bits per heavy atom. The maximum Gasteiger partial charge on any atom is 0.191 e. The average Bonchev–Trinajstić information content (AvgIpc) is 2.59. The van der Waals surface area contributed by atoms with E-state index in [1.54, 1.807) is 32.0 Å². The summed E-state index contributed by atoms with van der Waals surface area (Å²) in [4.78, 5) is 4.86. The summed E-state index contributed by atoms with van der Waals surface area (Å²) in [5.41, 5.74) is 3.07. The molecule has 0 aliphatic heterocycles. The van der Waals surface area contributed by atoms with Crippen LogP contribution in [0.25, 0.3) is 0 Å². The van der Waals surface area contributed by atoms with Gasteiger partial charge >= 0.3 is 0 Å². The highest BCUT2D eigenvalue weighted by atomic mass is 32.2. The molecule has 0 atom stereocenters. The van der Waals surface area contributed by atoms with Crippen LogP contribution in [-0.2, 0) is 22.9 Å². The number of rotatable bonds is 6. The Morgan fingerprint density at radius 1 is 1.04 bits per heavy atom. The van der Waals surface area contributed by atoms with Crippen molar-refractivity contribution < 1.29 is 12.8 Å². The van der Waals surface area contributed by atoms with E-state index in [2.05, 4.69) is 15.6 Å². The van der Waals surface area contributed by atoms with Crippen molar-refractivity contribution in [2.24, 2.45) is 4.99 Å². The van der Waals surface area contributed by atoms with Crippen molar-refractivity contribution >= 4 is 15.8 Å². The molecule has 2 aromatic rings. The van der Waals surface area contributed by atoms with Gasteiger partial charge in [-0.15, -0.1) is 0 Å². The monoisotopic (exact) mass is 391 g/mol. The standard InChI is InChI=1S/C20H26FN3O2S/c1-5-22-20(24-13-17-7-6-14(2)18(21)11-17)23-12-16-8-9-19(15(3)10-16)27(4,25)26/h6-11H,5,12-13H2,1-4H3,(H2,22,23,24). The fourth-order valence-electron chi connectivity index (χ4n) is 2.67. The summed E-state index contributed by atoms with van der Waals surface area (Å²) in [5, 5.41) is 6.33. The molecule has 0 aliphatic rings. The molecule has 0 saturated carbocycles. The van der Waals surface area contributed by atoms with Crippen LogP contribution in [-0.4, -0.2) is 27.2 Å². The van der Waals surface area contributed by atoms with Gasteiger partial charge in [0, 0.05) is 19.3 Å². The molecule has 2 aromatic carbocycles. The van der Waals surface area contributed by atoms with Crippen LogP contribution in [0, 0.1) is 19.7 Å². The summed E-state index contributed by atoms with van der Waals surface area (Å²) < 4.78 is 37.1. The van der Waals surface area contributed by atoms with Crippen molar-refractivity contribution in [2.45, 2.75) is 38.8 Å². The predicted molar refractivity (Wildman–Crippen MR) is 107 cm³/mol. The highest BCUT2D eigenvalue weighted by molar-refractivity contribution is 7.90. The number of halogens is 1. The summed E-state index contributed by atoms with van der Waals surface area (Å²) in [7, 11) is -3.23. The molecule has 0 unspecified atom stereocenters. The van der Waals surface area contributed by atoms with E-state index in [1.807, 2.05) is 19.1 Å². The average molecular weight is 392 g/mol. The zero-order valence-electron chi connectivity index (χ0n) is 16.1. The summed E-state index contributed by atoms with van der Waals surface area (Å²) in [6.45, 7) is 7.03. The molecule has 27 heavy (non-hydrogen) atoms. The number of hydrogen-bond donors (Lipinski definition) is 2. The Labute approximate surface area is 160 Å². The van der Waals surface area contributed by atoms with Gasteiger partial charge in [-0.05, 0) is 55.2 Å². The Hall–Kier alpha value is -2.41. The van der Waals surface area contributed by atoms with Gasteiger partial charge in [0.2, 0.25) is 0 Å². The molecule has 0 aromatic heterocycles. The summed E-state index contributed by atoms with van der Waals surface area (Å²) in [6.07, 6.45) is 1.20. The molecule has 5 nitrogen and oxygen atoms in total. The first-order valence-electron chi connectivity index (χ1n) is 8.77. The molecule has 146 valence electrons. The summed E-state index contributed by atoms with van der Waals surface area (Å²) in [5.74, 6) is 0.390. The van der Waals surface area contributed by atoms with Gasteiger partial charge < -0.3 is 10.6 Å². The first kappa shape index (κ1) is 20.9. The summed E-state index contributed by atoms with van der Waals surface area (Å²) in [6, 6.07) is 10.4. The van der Waals surface area contributed by atoms with Crippen LogP contribution in [0.4, 0.5) is 4.39 Å². The van der Waals surface area contributed by atoms with E-state index in [0.29, 0.717) is 41.6 Å². The second-order valence-corrected chi connectivity index (χ2v) is 8.49. The van der Waals surface area contributed by atoms with Crippen molar-refractivity contribution in [3.8, 4) is 0 Å². The van der Waals surface area contributed by atoms with Gasteiger partial charge in [0.1, 0.15) is 5.82 Å². The van der Waals surface area contributed by atoms with Gasteiger partial charge in [-0.25, -0.2) is 17.8 Å². The lowest BCUT2D eigenvalue weighted by Crippen LogP contribution is -2.36. The van der Waals surface area contributed by atoms with E-state index in [-0.39, 0.29) is 5.82 Å². The molecule has 0 heterocycles. The van der Waals surface area contributed by atoms with Gasteiger partial charge in [-0.1, -0.05) is 24.3 Å². The quantitative estimate of drug-likeness (QED) is 0.586. The topological polar surface area (TPSA) is 70.6 Å². The molecule has 0 bridgehead atoms. The smallest absolute Gasteiger partial charge is 0.191 e. The third-order valence-electron chi connectivity index (χ3n) is 4.10. The third kappa shape index (κ3) is 6.06. The first-order chi connectivity index (χ1) is 12.7. The molecule has 0 saturated heterocycles. The fourth-order valence-corrected chi connectivity index (χ4v) is 3.63. The lowest BCUT2D eigenvalue weighted by atomic mass is 10.1. The van der Waals surface area contributed by atoms with Gasteiger partial charge in [-0.3, -0.25) is 0 Å². The number of aryl methyl sites for hydroxylation is 2. The molecule has 0 amide bonds. The zero-order valence-corrected chi connectivity index (χ0v) is 17.0. The SMILES string of the molecule is CCNC(=NCc1ccc(S(C)(=O)=O)c(C)c1)NCc1ccc(C)c(F)c1. The minimum Gasteiger partial charge on any atom is -0.357 e. The Balaban J connectivity index is 2.08. The van der Waals surface area contributed by atoms with Crippen LogP contribution < -0.4 is 10.6 Å². The second kappa shape index (κ2) is 8.99. The Kier molecular flexibility index (Phi) is 6.96. The van der Waals surface area contributed by atoms with E-state index in [0.717, 1.165) is 11.1 Å². The molecule has 2 N–H and O–H groups in total. The lowest BCUT2D eigenvalue weighted by Gasteiger charge is -2.12. The van der Waals surface area contributed by atoms with Gasteiger partial charge in [0.15, 0.2) is 15.8 Å². The van der Waals surface area contributed by atoms with Crippen LogP contribution in [0.15, 0.2) is 46.3 Å². The molecule has 2 rings (SSSR count). The molecule has 0 fully saturated rings. The van der Waals surface area contributed by atoms with Gasteiger partial charge in [0.25, 0.3) is 0 Å². The number of sulfone groups is 1. The lowest BCUT2D eigenvalue weighted by molar-refractivity contribution is 0.601. The zero-order chi connectivity index (χ0) is 20.0. The van der Waals surface area contributed by atoms with Crippen molar-refractivity contribution in [2.75, 3.05) is 12.8 Å². The summed E-state index contributed by atoms with van der Waals surface area (Å²) >= 11 is 0. The molecule has 0 spiro atoms. The third-order valence-corrected chi connectivity index (χ3v) is 5.36. The minimum absolute atomic E-state index is 0.224. The van der Waals surface area contributed by atoms with Crippen LogP contribution in [0.2, 0.25) is 0 Å². The van der Waals surface area contributed by atoms with Gasteiger partial charge in [-0.2, -0.15) is 0 Å². The second-order valence-electron chi connectivity index (χ2n) is 6.50.